The fourth-order valence-corrected chi connectivity index (χ4v) is 2.19. The molecule has 1 rings (SSSR count). The minimum Gasteiger partial charge on any atom is -0.366 e. The summed E-state index contributed by atoms with van der Waals surface area (Å²) in [4.78, 5) is 21.6. The van der Waals surface area contributed by atoms with E-state index in [1.54, 1.807) is 6.07 Å². The lowest BCUT2D eigenvalue weighted by atomic mass is 10.1. The fourth-order valence-electron chi connectivity index (χ4n) is 1.12. The molecule has 0 aliphatic carbocycles. The van der Waals surface area contributed by atoms with Gasteiger partial charge in [0.1, 0.15) is 0 Å². The number of aryl methyl sites for hydroxylation is 1. The molecular weight excluding hydrogens is 281 g/mol. The van der Waals surface area contributed by atoms with Crippen molar-refractivity contribution in [1.82, 2.24) is 0 Å². The Bertz CT molecular complexity index is 374. The summed E-state index contributed by atoms with van der Waals surface area (Å²) in [5.74, 6) is -0.563. The van der Waals surface area contributed by atoms with E-state index >= 15 is 0 Å². The minimum atomic E-state index is -0.563. The first-order valence-electron chi connectivity index (χ1n) is 3.61. The number of carbonyl (C=O) groups excluding carboxylic acids is 2. The summed E-state index contributed by atoms with van der Waals surface area (Å²) in [5, 5.41) is 0. The first-order valence-corrected chi connectivity index (χ1v) is 4.69. The second-order valence-electron chi connectivity index (χ2n) is 2.69. The van der Waals surface area contributed by atoms with Crippen LogP contribution >= 0.6 is 22.6 Å². The molecule has 0 radical (unpaired) electrons. The molecule has 0 spiro atoms. The smallest absolute Gasteiger partial charge is 0.250 e. The molecule has 0 heterocycles. The third-order valence-electron chi connectivity index (χ3n) is 1.64. The van der Waals surface area contributed by atoms with Gasteiger partial charge in [-0.2, -0.15) is 0 Å². The van der Waals surface area contributed by atoms with Gasteiger partial charge in [-0.05, 0) is 47.2 Å². The summed E-state index contributed by atoms with van der Waals surface area (Å²) in [5.41, 5.74) is 6.74. The number of hydrogen-bond donors (Lipinski definition) is 1. The van der Waals surface area contributed by atoms with Gasteiger partial charge in [0, 0.05) is 9.13 Å². The summed E-state index contributed by atoms with van der Waals surface area (Å²) in [6.45, 7) is 1.86. The van der Waals surface area contributed by atoms with E-state index in [1.165, 1.54) is 0 Å². The highest BCUT2D eigenvalue weighted by atomic mass is 127. The Labute approximate surface area is 89.5 Å². The summed E-state index contributed by atoms with van der Waals surface area (Å²) >= 11 is 1.99. The maximum atomic E-state index is 11.0. The zero-order valence-electron chi connectivity index (χ0n) is 7.00. The van der Waals surface area contributed by atoms with Crippen molar-refractivity contribution in [3.05, 3.63) is 32.4 Å². The van der Waals surface area contributed by atoms with Gasteiger partial charge in [0.15, 0.2) is 6.29 Å². The number of rotatable bonds is 2. The van der Waals surface area contributed by atoms with Gasteiger partial charge in [0.25, 0.3) is 5.91 Å². The van der Waals surface area contributed by atoms with E-state index in [4.69, 9.17) is 5.73 Å². The van der Waals surface area contributed by atoms with Crippen molar-refractivity contribution in [3.63, 3.8) is 0 Å². The monoisotopic (exact) mass is 289 g/mol. The Balaban J connectivity index is 3.47. The number of aldehydes is 1. The zero-order chi connectivity index (χ0) is 10.0. The molecule has 1 aromatic carbocycles. The van der Waals surface area contributed by atoms with Crippen molar-refractivity contribution in [1.29, 1.82) is 0 Å². The van der Waals surface area contributed by atoms with Gasteiger partial charge in [0.05, 0.1) is 5.56 Å². The second kappa shape index (κ2) is 3.87. The van der Waals surface area contributed by atoms with Crippen molar-refractivity contribution in [3.8, 4) is 0 Å². The number of benzene rings is 1. The van der Waals surface area contributed by atoms with Gasteiger partial charge in [-0.1, -0.05) is 0 Å². The predicted octanol–water partition coefficient (Wildman–Crippen LogP) is 1.51. The van der Waals surface area contributed by atoms with Crippen LogP contribution in [0.4, 0.5) is 0 Å². The number of hydrogen-bond acceptors (Lipinski definition) is 2. The number of halogens is 1. The van der Waals surface area contributed by atoms with Crippen LogP contribution < -0.4 is 5.73 Å². The molecule has 13 heavy (non-hydrogen) atoms. The minimum absolute atomic E-state index is 0.307. The van der Waals surface area contributed by atoms with Crippen LogP contribution in [0.5, 0.6) is 0 Å². The van der Waals surface area contributed by atoms with Crippen LogP contribution in [0.15, 0.2) is 12.1 Å². The number of amides is 1. The van der Waals surface area contributed by atoms with Crippen molar-refractivity contribution in [2.45, 2.75) is 6.92 Å². The van der Waals surface area contributed by atoms with Crippen LogP contribution in [0.25, 0.3) is 0 Å². The van der Waals surface area contributed by atoms with E-state index in [0.29, 0.717) is 21.0 Å². The Kier molecular flexibility index (Phi) is 3.02. The lowest BCUT2D eigenvalue weighted by Crippen LogP contribution is -2.15. The van der Waals surface area contributed by atoms with Crippen LogP contribution in [-0.4, -0.2) is 12.2 Å². The molecule has 4 heteroatoms. The highest BCUT2D eigenvalue weighted by molar-refractivity contribution is 14.1. The van der Waals surface area contributed by atoms with E-state index in [2.05, 4.69) is 0 Å². The highest BCUT2D eigenvalue weighted by Crippen LogP contribution is 2.17. The number of primary amides is 1. The third-order valence-corrected chi connectivity index (χ3v) is 2.49. The molecule has 0 saturated heterocycles. The molecule has 0 saturated carbocycles. The maximum Gasteiger partial charge on any atom is 0.250 e. The number of carbonyl (C=O) groups is 2. The average Bonchev–Trinajstić information content (AvgIpc) is 2.01. The van der Waals surface area contributed by atoms with E-state index in [9.17, 15) is 9.59 Å². The Morgan fingerprint density at radius 1 is 1.54 bits per heavy atom. The Morgan fingerprint density at radius 2 is 2.15 bits per heavy atom. The third kappa shape index (κ3) is 2.06. The SMILES string of the molecule is Cc1cc(I)c(C(N)=O)c(C=O)c1. The van der Waals surface area contributed by atoms with Crippen molar-refractivity contribution in [2.24, 2.45) is 5.73 Å². The van der Waals surface area contributed by atoms with Gasteiger partial charge in [-0.3, -0.25) is 9.59 Å². The maximum absolute atomic E-state index is 11.0. The quantitative estimate of drug-likeness (QED) is 0.662. The average molecular weight is 289 g/mol. The summed E-state index contributed by atoms with van der Waals surface area (Å²) < 4.78 is 0.715. The van der Waals surface area contributed by atoms with E-state index in [0.717, 1.165) is 5.56 Å². The van der Waals surface area contributed by atoms with Gasteiger partial charge in [-0.25, -0.2) is 0 Å². The Morgan fingerprint density at radius 3 is 2.62 bits per heavy atom. The largest absolute Gasteiger partial charge is 0.366 e. The molecule has 0 aromatic heterocycles. The van der Waals surface area contributed by atoms with E-state index < -0.39 is 5.91 Å². The highest BCUT2D eigenvalue weighted by Gasteiger charge is 2.12. The molecule has 2 N–H and O–H groups in total. The molecule has 0 aliphatic rings. The van der Waals surface area contributed by atoms with Gasteiger partial charge < -0.3 is 5.73 Å². The lowest BCUT2D eigenvalue weighted by molar-refractivity contribution is 0.0992. The lowest BCUT2D eigenvalue weighted by Gasteiger charge is -2.04. The topological polar surface area (TPSA) is 60.2 Å². The van der Waals surface area contributed by atoms with Crippen molar-refractivity contribution in [2.75, 3.05) is 0 Å². The molecule has 3 nitrogen and oxygen atoms in total. The summed E-state index contributed by atoms with van der Waals surface area (Å²) in [7, 11) is 0. The zero-order valence-corrected chi connectivity index (χ0v) is 9.16. The summed E-state index contributed by atoms with van der Waals surface area (Å²) in [6, 6.07) is 3.46. The van der Waals surface area contributed by atoms with E-state index in [1.807, 2.05) is 35.6 Å². The molecule has 68 valence electrons. The van der Waals surface area contributed by atoms with Crippen LogP contribution in [0.2, 0.25) is 0 Å². The standard InChI is InChI=1S/C9H8INO2/c1-5-2-6(4-12)8(9(11)13)7(10)3-5/h2-4H,1H3,(H2,11,13). The van der Waals surface area contributed by atoms with Crippen LogP contribution in [-0.2, 0) is 0 Å². The van der Waals surface area contributed by atoms with Gasteiger partial charge in [-0.15, -0.1) is 0 Å². The first kappa shape index (κ1) is 10.2. The first-order chi connectivity index (χ1) is 6.06. The summed E-state index contributed by atoms with van der Waals surface area (Å²) in [6.07, 6.45) is 0.648. The second-order valence-corrected chi connectivity index (χ2v) is 3.86. The molecular formula is C9H8INO2. The normalized spacial score (nSPS) is 9.69. The molecule has 0 unspecified atom stereocenters. The molecule has 0 bridgehead atoms. The van der Waals surface area contributed by atoms with Crippen molar-refractivity contribution < 1.29 is 9.59 Å². The predicted molar refractivity (Wildman–Crippen MR) is 57.8 cm³/mol. The van der Waals surface area contributed by atoms with Crippen LogP contribution in [0.1, 0.15) is 26.3 Å². The van der Waals surface area contributed by atoms with Gasteiger partial charge in [0.2, 0.25) is 0 Å². The molecule has 0 aliphatic heterocycles. The fraction of sp³-hybridized carbons (Fsp3) is 0.111. The molecule has 1 aromatic rings. The molecule has 1 amide bonds. The van der Waals surface area contributed by atoms with E-state index in [-0.39, 0.29) is 0 Å². The van der Waals surface area contributed by atoms with Crippen LogP contribution in [0.3, 0.4) is 0 Å². The van der Waals surface area contributed by atoms with Gasteiger partial charge >= 0.3 is 0 Å². The Hall–Kier alpha value is -0.910. The molecule has 0 atom stereocenters. The van der Waals surface area contributed by atoms with Crippen LogP contribution in [0, 0.1) is 10.5 Å². The van der Waals surface area contributed by atoms with Crippen molar-refractivity contribution >= 4 is 34.8 Å². The molecule has 0 fully saturated rings. The number of nitrogens with two attached hydrogens (primary N) is 1.